The fourth-order valence-corrected chi connectivity index (χ4v) is 5.46. The number of unbranched alkanes of at least 4 members (excludes halogenated alkanes) is 1. The Bertz CT molecular complexity index is 1290. The highest BCUT2D eigenvalue weighted by atomic mass is 35.5. The third-order valence-electron chi connectivity index (χ3n) is 7.35. The first kappa shape index (κ1) is 29.2. The van der Waals surface area contributed by atoms with E-state index in [0.29, 0.717) is 59.8 Å². The molecule has 8 heteroatoms. The van der Waals surface area contributed by atoms with Gasteiger partial charge in [-0.3, -0.25) is 4.79 Å². The van der Waals surface area contributed by atoms with Crippen LogP contribution in [0.3, 0.4) is 0 Å². The molecule has 1 heterocycles. The van der Waals surface area contributed by atoms with Crippen molar-refractivity contribution < 1.29 is 23.8 Å². The molecule has 0 unspecified atom stereocenters. The first-order valence-corrected chi connectivity index (χ1v) is 13.6. The maximum atomic E-state index is 15.2. The first-order valence-electron chi connectivity index (χ1n) is 13.2. The molecule has 1 aliphatic rings. The van der Waals surface area contributed by atoms with Crippen molar-refractivity contribution >= 4 is 17.5 Å². The summed E-state index contributed by atoms with van der Waals surface area (Å²) in [5, 5.41) is 12.8. The Balaban J connectivity index is 1.73. The minimum Gasteiger partial charge on any atom is -0.385 e. The van der Waals surface area contributed by atoms with Gasteiger partial charge in [-0.05, 0) is 67.6 Å². The van der Waals surface area contributed by atoms with Gasteiger partial charge in [0.05, 0.1) is 13.2 Å². The van der Waals surface area contributed by atoms with E-state index in [2.05, 4.69) is 0 Å². The molecule has 39 heavy (non-hydrogen) atoms. The highest BCUT2D eigenvalue weighted by Crippen LogP contribution is 2.43. The van der Waals surface area contributed by atoms with Crippen LogP contribution in [0.1, 0.15) is 46.3 Å². The predicted octanol–water partition coefficient (Wildman–Crippen LogP) is 5.46. The Kier molecular flexibility index (Phi) is 9.75. The number of carbonyl (C=O) groups excluding carboxylic acids is 1. The fourth-order valence-electron chi connectivity index (χ4n) is 5.19. The summed E-state index contributed by atoms with van der Waals surface area (Å²) in [7, 11) is 1.63. The molecule has 3 aromatic carbocycles. The number of rotatable bonds is 10. The summed E-state index contributed by atoms with van der Waals surface area (Å²) in [6.45, 7) is 3.63. The molecule has 3 N–H and O–H groups in total. The third kappa shape index (κ3) is 6.51. The molecule has 3 aromatic rings. The number of carbonyl (C=O) groups is 1. The standard InChI is InChI=1S/C31H36ClFN2O4/c1-21-8-13-27(33)24(18-21)29-25(6-5-7-26(29)32)31(37,14-3-4-16-38-2)28-20-35(15-17-39-28)30(36)23-11-9-22(19-34)10-12-23/h5-13,18,28,37H,3-4,14-17,19-20,34H2,1-2H3/t28-,31-/m1/s1. The molecule has 0 aliphatic carbocycles. The van der Waals surface area contributed by atoms with Crippen molar-refractivity contribution in [3.8, 4) is 11.1 Å². The normalized spacial score (nSPS) is 17.2. The van der Waals surface area contributed by atoms with E-state index in [-0.39, 0.29) is 19.1 Å². The van der Waals surface area contributed by atoms with Gasteiger partial charge in [0, 0.05) is 48.5 Å². The van der Waals surface area contributed by atoms with Crippen molar-refractivity contribution in [3.63, 3.8) is 0 Å². The molecule has 0 saturated carbocycles. The van der Waals surface area contributed by atoms with E-state index < -0.39 is 17.5 Å². The molecule has 0 aromatic heterocycles. The summed E-state index contributed by atoms with van der Waals surface area (Å²) in [4.78, 5) is 15.1. The predicted molar refractivity (Wildman–Crippen MR) is 151 cm³/mol. The summed E-state index contributed by atoms with van der Waals surface area (Å²) in [5.74, 6) is -0.580. The Labute approximate surface area is 234 Å². The van der Waals surface area contributed by atoms with Gasteiger partial charge in [0.2, 0.25) is 0 Å². The number of amides is 1. The zero-order valence-electron chi connectivity index (χ0n) is 22.5. The number of methoxy groups -OCH3 is 1. The van der Waals surface area contributed by atoms with Crippen LogP contribution >= 0.6 is 11.6 Å². The quantitative estimate of drug-likeness (QED) is 0.325. The van der Waals surface area contributed by atoms with E-state index in [1.54, 1.807) is 54.5 Å². The largest absolute Gasteiger partial charge is 0.385 e. The van der Waals surface area contributed by atoms with Gasteiger partial charge < -0.3 is 25.2 Å². The second-order valence-electron chi connectivity index (χ2n) is 10.0. The summed E-state index contributed by atoms with van der Waals surface area (Å²) in [6, 6.07) is 17.3. The van der Waals surface area contributed by atoms with Gasteiger partial charge in [-0.2, -0.15) is 0 Å². The van der Waals surface area contributed by atoms with Gasteiger partial charge in [0.25, 0.3) is 5.91 Å². The molecule has 208 valence electrons. The van der Waals surface area contributed by atoms with Gasteiger partial charge in [0.1, 0.15) is 17.5 Å². The number of nitrogens with zero attached hydrogens (tertiary/aromatic N) is 1. The van der Waals surface area contributed by atoms with Gasteiger partial charge in [-0.1, -0.05) is 47.5 Å². The number of nitrogens with two attached hydrogens (primary N) is 1. The number of aliphatic hydroxyl groups is 1. The average Bonchev–Trinajstić information content (AvgIpc) is 2.96. The van der Waals surface area contributed by atoms with Crippen molar-refractivity contribution in [2.24, 2.45) is 5.73 Å². The van der Waals surface area contributed by atoms with Crippen molar-refractivity contribution in [2.75, 3.05) is 33.4 Å². The summed E-state index contributed by atoms with van der Waals surface area (Å²) in [5.41, 5.74) is 7.72. The van der Waals surface area contributed by atoms with Crippen molar-refractivity contribution in [1.82, 2.24) is 4.90 Å². The molecule has 1 fully saturated rings. The molecule has 0 spiro atoms. The zero-order valence-corrected chi connectivity index (χ0v) is 23.2. The van der Waals surface area contributed by atoms with Crippen LogP contribution in [-0.2, 0) is 21.6 Å². The lowest BCUT2D eigenvalue weighted by atomic mass is 9.78. The summed E-state index contributed by atoms with van der Waals surface area (Å²) >= 11 is 6.69. The molecule has 0 bridgehead atoms. The van der Waals surface area contributed by atoms with E-state index in [1.165, 1.54) is 6.07 Å². The topological polar surface area (TPSA) is 85.0 Å². The van der Waals surface area contributed by atoms with Crippen LogP contribution in [-0.4, -0.2) is 55.4 Å². The lowest BCUT2D eigenvalue weighted by Gasteiger charge is -2.43. The molecule has 4 rings (SSSR count). The number of benzene rings is 3. The smallest absolute Gasteiger partial charge is 0.254 e. The van der Waals surface area contributed by atoms with E-state index >= 15 is 4.39 Å². The van der Waals surface area contributed by atoms with E-state index in [4.69, 9.17) is 26.8 Å². The third-order valence-corrected chi connectivity index (χ3v) is 7.67. The molecular weight excluding hydrogens is 519 g/mol. The molecule has 0 radical (unpaired) electrons. The average molecular weight is 555 g/mol. The number of hydrogen-bond acceptors (Lipinski definition) is 5. The van der Waals surface area contributed by atoms with Crippen LogP contribution in [0.4, 0.5) is 4.39 Å². The van der Waals surface area contributed by atoms with Crippen LogP contribution in [0.15, 0.2) is 60.7 Å². The Morgan fingerprint density at radius 3 is 2.69 bits per heavy atom. The van der Waals surface area contributed by atoms with Crippen molar-refractivity contribution in [2.45, 2.75) is 44.4 Å². The monoisotopic (exact) mass is 554 g/mol. The number of halogens is 2. The zero-order chi connectivity index (χ0) is 28.0. The van der Waals surface area contributed by atoms with Crippen LogP contribution in [0, 0.1) is 12.7 Å². The van der Waals surface area contributed by atoms with Gasteiger partial charge in [-0.25, -0.2) is 4.39 Å². The van der Waals surface area contributed by atoms with Crippen LogP contribution in [0.5, 0.6) is 0 Å². The van der Waals surface area contributed by atoms with E-state index in [0.717, 1.165) is 17.5 Å². The maximum absolute atomic E-state index is 15.2. The van der Waals surface area contributed by atoms with Gasteiger partial charge >= 0.3 is 0 Å². The lowest BCUT2D eigenvalue weighted by molar-refractivity contribution is -0.146. The molecular formula is C31H36ClFN2O4. The molecule has 1 aliphatic heterocycles. The number of aryl methyl sites for hydroxylation is 1. The van der Waals surface area contributed by atoms with Gasteiger partial charge in [-0.15, -0.1) is 0 Å². The number of morpholine rings is 1. The summed E-state index contributed by atoms with van der Waals surface area (Å²) < 4.78 is 26.5. The van der Waals surface area contributed by atoms with Crippen LogP contribution in [0.25, 0.3) is 11.1 Å². The van der Waals surface area contributed by atoms with E-state index in [1.807, 2.05) is 19.1 Å². The highest BCUT2D eigenvalue weighted by molar-refractivity contribution is 6.33. The van der Waals surface area contributed by atoms with Crippen LogP contribution < -0.4 is 5.73 Å². The minimum atomic E-state index is -1.55. The SMILES string of the molecule is COCCCC[C@@](O)(c1cccc(Cl)c1-c1cc(C)ccc1F)[C@H]1CN(C(=O)c2ccc(CN)cc2)CCO1. The number of ether oxygens (including phenoxy) is 2. The second-order valence-corrected chi connectivity index (χ2v) is 10.4. The van der Waals surface area contributed by atoms with Gasteiger partial charge in [0.15, 0.2) is 0 Å². The Morgan fingerprint density at radius 1 is 1.21 bits per heavy atom. The lowest BCUT2D eigenvalue weighted by Crippen LogP contribution is -2.54. The highest BCUT2D eigenvalue weighted by Gasteiger charge is 2.44. The fraction of sp³-hybridized carbons (Fsp3) is 0.387. The van der Waals surface area contributed by atoms with Crippen LogP contribution in [0.2, 0.25) is 5.02 Å². The van der Waals surface area contributed by atoms with Crippen molar-refractivity contribution in [3.05, 3.63) is 93.8 Å². The summed E-state index contributed by atoms with van der Waals surface area (Å²) in [6.07, 6.45) is 0.901. The second kappa shape index (κ2) is 13.0. The Morgan fingerprint density at radius 2 is 1.97 bits per heavy atom. The molecule has 1 saturated heterocycles. The molecule has 6 nitrogen and oxygen atoms in total. The van der Waals surface area contributed by atoms with Crippen molar-refractivity contribution in [1.29, 1.82) is 0 Å². The molecule has 2 atom stereocenters. The minimum absolute atomic E-state index is 0.148. The Hall–Kier alpha value is -2.81. The first-order chi connectivity index (χ1) is 18.8. The number of hydrogen-bond donors (Lipinski definition) is 2. The van der Waals surface area contributed by atoms with E-state index in [9.17, 15) is 9.90 Å². The maximum Gasteiger partial charge on any atom is 0.254 e. The molecule has 1 amide bonds.